The number of nitrogens with one attached hydrogen (secondary N) is 1. The number of hydrogen-bond acceptors (Lipinski definition) is 4. The number of anilines is 2. The van der Waals surface area contributed by atoms with Gasteiger partial charge in [-0.3, -0.25) is 9.10 Å². The van der Waals surface area contributed by atoms with Gasteiger partial charge in [0.1, 0.15) is 5.75 Å². The van der Waals surface area contributed by atoms with Crippen LogP contribution in [0.5, 0.6) is 5.75 Å². The van der Waals surface area contributed by atoms with E-state index < -0.39 is 10.0 Å². The number of ether oxygens (including phenoxy) is 1. The summed E-state index contributed by atoms with van der Waals surface area (Å²) >= 11 is 3.44. The maximum absolute atomic E-state index is 13.4. The van der Waals surface area contributed by atoms with E-state index in [1.54, 1.807) is 13.0 Å². The van der Waals surface area contributed by atoms with E-state index in [0.717, 1.165) is 22.9 Å². The third-order valence-corrected chi connectivity index (χ3v) is 7.04. The Labute approximate surface area is 160 Å². The minimum Gasteiger partial charge on any atom is -0.482 e. The summed E-state index contributed by atoms with van der Waals surface area (Å²) in [5.41, 5.74) is 2.68. The van der Waals surface area contributed by atoms with Crippen molar-refractivity contribution in [2.75, 3.05) is 22.8 Å². The largest absolute Gasteiger partial charge is 0.482 e. The molecule has 4 rings (SSSR count). The van der Waals surface area contributed by atoms with E-state index in [2.05, 4.69) is 21.2 Å². The van der Waals surface area contributed by atoms with Gasteiger partial charge in [0.25, 0.3) is 15.9 Å². The van der Waals surface area contributed by atoms with E-state index in [0.29, 0.717) is 29.2 Å². The number of carbonyl (C=O) groups is 1. The standard InChI is InChI=1S/C18H17BrN2O4S/c1-11-7-16-14(20-18(22)10-25-16)9-17(11)26(23,24)21-6-2-3-12-8-13(19)4-5-15(12)21/h4-5,7-9H,2-3,6,10H2,1H3,(H,20,22). The average Bonchev–Trinajstić information content (AvgIpc) is 2.60. The first-order valence-corrected chi connectivity index (χ1v) is 10.5. The fourth-order valence-electron chi connectivity index (χ4n) is 3.39. The monoisotopic (exact) mass is 436 g/mol. The van der Waals surface area contributed by atoms with Crippen LogP contribution in [0.15, 0.2) is 39.7 Å². The molecule has 2 aromatic carbocycles. The van der Waals surface area contributed by atoms with E-state index in [9.17, 15) is 13.2 Å². The summed E-state index contributed by atoms with van der Waals surface area (Å²) in [6.07, 6.45) is 1.60. The molecular formula is C18H17BrN2O4S. The van der Waals surface area contributed by atoms with Gasteiger partial charge in [-0.25, -0.2) is 8.42 Å². The van der Waals surface area contributed by atoms with E-state index in [-0.39, 0.29) is 17.4 Å². The molecule has 6 nitrogen and oxygen atoms in total. The summed E-state index contributed by atoms with van der Waals surface area (Å²) in [6, 6.07) is 8.79. The van der Waals surface area contributed by atoms with Gasteiger partial charge in [0.2, 0.25) is 0 Å². The molecule has 136 valence electrons. The van der Waals surface area contributed by atoms with Crippen LogP contribution >= 0.6 is 15.9 Å². The SMILES string of the molecule is Cc1cc2c(cc1S(=O)(=O)N1CCCc3cc(Br)ccc31)NC(=O)CO2. The Hall–Kier alpha value is -2.06. The molecule has 2 aromatic rings. The zero-order valence-electron chi connectivity index (χ0n) is 14.1. The first-order chi connectivity index (χ1) is 12.4. The minimum absolute atomic E-state index is 0.0626. The Morgan fingerprint density at radius 3 is 2.85 bits per heavy atom. The molecule has 0 spiro atoms. The smallest absolute Gasteiger partial charge is 0.264 e. The summed E-state index contributed by atoms with van der Waals surface area (Å²) in [5, 5.41) is 2.68. The second-order valence-corrected chi connectivity index (χ2v) is 9.15. The Balaban J connectivity index is 1.81. The lowest BCUT2D eigenvalue weighted by Crippen LogP contribution is -2.36. The number of benzene rings is 2. The van der Waals surface area contributed by atoms with Crippen molar-refractivity contribution in [1.29, 1.82) is 0 Å². The molecule has 0 radical (unpaired) electrons. The van der Waals surface area contributed by atoms with Crippen LogP contribution in [0.3, 0.4) is 0 Å². The van der Waals surface area contributed by atoms with Gasteiger partial charge < -0.3 is 10.1 Å². The second kappa shape index (κ2) is 6.28. The first kappa shape index (κ1) is 17.4. The van der Waals surface area contributed by atoms with Crippen molar-refractivity contribution in [3.8, 4) is 5.75 Å². The summed E-state index contributed by atoms with van der Waals surface area (Å²) in [4.78, 5) is 11.7. The quantitative estimate of drug-likeness (QED) is 0.783. The number of sulfonamides is 1. The molecule has 0 aliphatic carbocycles. The summed E-state index contributed by atoms with van der Waals surface area (Å²) in [6.45, 7) is 2.10. The third kappa shape index (κ3) is 2.87. The highest BCUT2D eigenvalue weighted by atomic mass is 79.9. The fourth-order valence-corrected chi connectivity index (χ4v) is 5.57. The molecule has 1 amide bonds. The van der Waals surface area contributed by atoms with Crippen LogP contribution in [-0.4, -0.2) is 27.5 Å². The molecule has 2 aliphatic rings. The maximum Gasteiger partial charge on any atom is 0.264 e. The maximum atomic E-state index is 13.4. The predicted molar refractivity (Wildman–Crippen MR) is 102 cm³/mol. The molecule has 26 heavy (non-hydrogen) atoms. The van der Waals surface area contributed by atoms with Crippen molar-refractivity contribution < 1.29 is 17.9 Å². The van der Waals surface area contributed by atoms with Crippen molar-refractivity contribution in [3.63, 3.8) is 0 Å². The number of carbonyl (C=O) groups excluding carboxylic acids is 1. The highest BCUT2D eigenvalue weighted by molar-refractivity contribution is 9.10. The second-order valence-electron chi connectivity index (χ2n) is 6.40. The molecule has 0 atom stereocenters. The summed E-state index contributed by atoms with van der Waals surface area (Å²) in [7, 11) is -3.76. The Morgan fingerprint density at radius 2 is 2.04 bits per heavy atom. The third-order valence-electron chi connectivity index (χ3n) is 4.60. The molecule has 0 aromatic heterocycles. The normalized spacial score (nSPS) is 16.4. The predicted octanol–water partition coefficient (Wildman–Crippen LogP) is 3.23. The lowest BCUT2D eigenvalue weighted by atomic mass is 10.0. The number of hydrogen-bond donors (Lipinski definition) is 1. The number of halogens is 1. The molecule has 0 bridgehead atoms. The number of aryl methyl sites for hydroxylation is 2. The van der Waals surface area contributed by atoms with Gasteiger partial charge in [0.05, 0.1) is 16.3 Å². The topological polar surface area (TPSA) is 75.7 Å². The van der Waals surface area contributed by atoms with Gasteiger partial charge in [-0.2, -0.15) is 0 Å². The van der Waals surface area contributed by atoms with Gasteiger partial charge in [-0.15, -0.1) is 0 Å². The Bertz CT molecular complexity index is 1020. The number of rotatable bonds is 2. The summed E-state index contributed by atoms with van der Waals surface area (Å²) < 4.78 is 34.5. The van der Waals surface area contributed by atoms with Crippen molar-refractivity contribution >= 4 is 43.2 Å². The van der Waals surface area contributed by atoms with E-state index in [4.69, 9.17) is 4.74 Å². The lowest BCUT2D eigenvalue weighted by Gasteiger charge is -2.31. The van der Waals surface area contributed by atoms with E-state index in [1.165, 1.54) is 10.4 Å². The van der Waals surface area contributed by atoms with Crippen molar-refractivity contribution in [1.82, 2.24) is 0 Å². The van der Waals surface area contributed by atoms with Gasteiger partial charge in [-0.05, 0) is 61.2 Å². The van der Waals surface area contributed by atoms with Crippen LogP contribution in [0.2, 0.25) is 0 Å². The zero-order chi connectivity index (χ0) is 18.5. The van der Waals surface area contributed by atoms with Crippen LogP contribution in [0, 0.1) is 6.92 Å². The van der Waals surface area contributed by atoms with Crippen molar-refractivity contribution in [3.05, 3.63) is 45.9 Å². The molecule has 0 unspecified atom stereocenters. The van der Waals surface area contributed by atoms with Crippen LogP contribution in [0.25, 0.3) is 0 Å². The minimum atomic E-state index is -3.76. The number of amides is 1. The number of fused-ring (bicyclic) bond motifs is 2. The Morgan fingerprint density at radius 1 is 1.23 bits per heavy atom. The van der Waals surface area contributed by atoms with Crippen LogP contribution in [-0.2, 0) is 21.2 Å². The molecule has 0 saturated heterocycles. The average molecular weight is 437 g/mol. The highest BCUT2D eigenvalue weighted by Gasteiger charge is 2.32. The van der Waals surface area contributed by atoms with Crippen LogP contribution < -0.4 is 14.4 Å². The molecular weight excluding hydrogens is 420 g/mol. The fraction of sp³-hybridized carbons (Fsp3) is 0.278. The van der Waals surface area contributed by atoms with Crippen molar-refractivity contribution in [2.24, 2.45) is 0 Å². The van der Waals surface area contributed by atoms with Crippen LogP contribution in [0.4, 0.5) is 11.4 Å². The summed E-state index contributed by atoms with van der Waals surface area (Å²) in [5.74, 6) is 0.196. The van der Waals surface area contributed by atoms with Gasteiger partial charge >= 0.3 is 0 Å². The molecule has 0 saturated carbocycles. The molecule has 1 N–H and O–H groups in total. The van der Waals surface area contributed by atoms with Gasteiger partial charge in [0.15, 0.2) is 6.61 Å². The highest BCUT2D eigenvalue weighted by Crippen LogP contribution is 2.38. The lowest BCUT2D eigenvalue weighted by molar-refractivity contribution is -0.118. The molecule has 8 heteroatoms. The van der Waals surface area contributed by atoms with Gasteiger partial charge in [0, 0.05) is 11.0 Å². The Kier molecular flexibility index (Phi) is 4.19. The molecule has 0 fully saturated rings. The number of nitrogens with zero attached hydrogens (tertiary/aromatic N) is 1. The molecule has 2 aliphatic heterocycles. The van der Waals surface area contributed by atoms with Crippen molar-refractivity contribution in [2.45, 2.75) is 24.7 Å². The molecule has 2 heterocycles. The first-order valence-electron chi connectivity index (χ1n) is 8.25. The van der Waals surface area contributed by atoms with Gasteiger partial charge in [-0.1, -0.05) is 15.9 Å². The van der Waals surface area contributed by atoms with E-state index >= 15 is 0 Å². The van der Waals surface area contributed by atoms with E-state index in [1.807, 2.05) is 18.2 Å². The van der Waals surface area contributed by atoms with Crippen LogP contribution in [0.1, 0.15) is 17.5 Å². The zero-order valence-corrected chi connectivity index (χ0v) is 16.5.